The van der Waals surface area contributed by atoms with E-state index in [2.05, 4.69) is 35.8 Å². The second-order valence-corrected chi connectivity index (χ2v) is 9.02. The van der Waals surface area contributed by atoms with E-state index in [1.165, 1.54) is 0 Å². The number of fused-ring (bicyclic) bond motifs is 1. The first-order valence-electron chi connectivity index (χ1n) is 10.2. The van der Waals surface area contributed by atoms with Crippen LogP contribution >= 0.6 is 0 Å². The molecule has 8 heteroatoms. The Morgan fingerprint density at radius 1 is 1.31 bits per heavy atom. The minimum absolute atomic E-state index is 0.189. The number of anilines is 1. The molecule has 1 aliphatic rings. The molecule has 0 radical (unpaired) electrons. The normalized spacial score (nSPS) is 15.8. The van der Waals surface area contributed by atoms with Crippen molar-refractivity contribution < 1.29 is 9.53 Å². The lowest BCUT2D eigenvalue weighted by atomic mass is 10.1. The van der Waals surface area contributed by atoms with Gasteiger partial charge in [0.1, 0.15) is 5.60 Å². The van der Waals surface area contributed by atoms with E-state index in [4.69, 9.17) is 9.72 Å². The zero-order valence-corrected chi connectivity index (χ0v) is 18.3. The second-order valence-electron chi connectivity index (χ2n) is 9.02. The summed E-state index contributed by atoms with van der Waals surface area (Å²) in [4.78, 5) is 23.3. The van der Waals surface area contributed by atoms with Crippen molar-refractivity contribution in [2.24, 2.45) is 0 Å². The molecule has 1 fully saturated rings. The molecule has 2 aromatic heterocycles. The first-order valence-corrected chi connectivity index (χ1v) is 10.2. The molecule has 0 spiro atoms. The van der Waals surface area contributed by atoms with Gasteiger partial charge >= 0.3 is 6.09 Å². The lowest BCUT2D eigenvalue weighted by Crippen LogP contribution is -2.44. The molecule has 1 N–H and O–H groups in total. The average Bonchev–Trinajstić information content (AvgIpc) is 3.05. The maximum Gasteiger partial charge on any atom is 0.410 e. The van der Waals surface area contributed by atoms with Gasteiger partial charge in [-0.3, -0.25) is 0 Å². The van der Waals surface area contributed by atoms with Crippen LogP contribution in [0.5, 0.6) is 0 Å². The quantitative estimate of drug-likeness (QED) is 0.832. The lowest BCUT2D eigenvalue weighted by Gasteiger charge is -2.34. The van der Waals surface area contributed by atoms with Crippen molar-refractivity contribution in [2.75, 3.05) is 18.4 Å². The molecule has 0 aromatic carbocycles. The molecule has 8 nitrogen and oxygen atoms in total. The van der Waals surface area contributed by atoms with Crippen LogP contribution in [-0.4, -0.2) is 55.3 Å². The van der Waals surface area contributed by atoms with Crippen LogP contribution in [0.15, 0.2) is 12.8 Å². The number of nitrogens with zero attached hydrogens (tertiary/aromatic N) is 5. The van der Waals surface area contributed by atoms with Crippen LogP contribution in [-0.2, 0) is 4.74 Å². The molecule has 3 rings (SSSR count). The monoisotopic (exact) mass is 400 g/mol. The maximum atomic E-state index is 12.3. The Balaban J connectivity index is 1.76. The predicted molar refractivity (Wildman–Crippen MR) is 114 cm³/mol. The highest BCUT2D eigenvalue weighted by Crippen LogP contribution is 2.24. The predicted octanol–water partition coefficient (Wildman–Crippen LogP) is 4.09. The molecule has 0 bridgehead atoms. The van der Waals surface area contributed by atoms with Crippen LogP contribution in [0.4, 0.5) is 10.6 Å². The van der Waals surface area contributed by atoms with E-state index in [1.807, 2.05) is 32.2 Å². The molecule has 158 valence electrons. The van der Waals surface area contributed by atoms with Crippen LogP contribution in [0.1, 0.15) is 71.8 Å². The summed E-state index contributed by atoms with van der Waals surface area (Å²) >= 11 is 0. The molecule has 2 aromatic rings. The average molecular weight is 401 g/mol. The molecule has 0 atom stereocenters. The number of nitrogens with one attached hydrogen (secondary N) is 1. The third kappa shape index (κ3) is 4.86. The molecule has 0 aliphatic carbocycles. The summed E-state index contributed by atoms with van der Waals surface area (Å²) < 4.78 is 7.30. The minimum atomic E-state index is -0.479. The van der Waals surface area contributed by atoms with Gasteiger partial charge in [0.15, 0.2) is 17.3 Å². The van der Waals surface area contributed by atoms with E-state index in [-0.39, 0.29) is 18.1 Å². The SMILES string of the molecule is C=C(C)c1cnc2c(NC3CCN(C(=O)OC(C)(C)C)CC3)nc(C(C)C)nn12. The van der Waals surface area contributed by atoms with Crippen LogP contribution in [0.25, 0.3) is 11.2 Å². The number of imidazole rings is 1. The van der Waals surface area contributed by atoms with Gasteiger partial charge in [-0.15, -0.1) is 0 Å². The van der Waals surface area contributed by atoms with Gasteiger partial charge in [0.25, 0.3) is 0 Å². The Morgan fingerprint density at radius 3 is 2.52 bits per heavy atom. The summed E-state index contributed by atoms with van der Waals surface area (Å²) in [5.74, 6) is 1.67. The van der Waals surface area contributed by atoms with E-state index in [1.54, 1.807) is 11.1 Å². The number of aromatic nitrogens is 4. The minimum Gasteiger partial charge on any atom is -0.444 e. The Hall–Kier alpha value is -2.64. The van der Waals surface area contributed by atoms with Gasteiger partial charge < -0.3 is 15.0 Å². The molecule has 0 saturated carbocycles. The molecule has 1 aliphatic heterocycles. The van der Waals surface area contributed by atoms with E-state index in [9.17, 15) is 4.79 Å². The van der Waals surface area contributed by atoms with Gasteiger partial charge in [0.2, 0.25) is 0 Å². The van der Waals surface area contributed by atoms with Crippen molar-refractivity contribution in [1.82, 2.24) is 24.5 Å². The molecule has 3 heterocycles. The smallest absolute Gasteiger partial charge is 0.410 e. The standard InChI is InChI=1S/C21H32N6O2/c1-13(2)16-12-22-19-18(24-17(14(3)4)25-27(16)19)23-15-8-10-26(11-9-15)20(28)29-21(5,6)7/h12,14-15H,1,8-11H2,2-7H3,(H,23,24,25). The molecular formula is C21H32N6O2. The second kappa shape index (κ2) is 8.00. The van der Waals surface area contributed by atoms with Gasteiger partial charge in [-0.05, 0) is 46.1 Å². The van der Waals surface area contributed by atoms with Crippen molar-refractivity contribution in [2.45, 2.75) is 71.9 Å². The third-order valence-electron chi connectivity index (χ3n) is 4.82. The molecule has 1 saturated heterocycles. The number of likely N-dealkylation sites (tertiary alicyclic amines) is 1. The first-order chi connectivity index (χ1) is 13.5. The van der Waals surface area contributed by atoms with Crippen LogP contribution in [0.2, 0.25) is 0 Å². The van der Waals surface area contributed by atoms with E-state index in [0.717, 1.165) is 35.8 Å². The van der Waals surface area contributed by atoms with Crippen LogP contribution in [0.3, 0.4) is 0 Å². The van der Waals surface area contributed by atoms with E-state index < -0.39 is 5.60 Å². The Labute approximate surface area is 172 Å². The van der Waals surface area contributed by atoms with Gasteiger partial charge in [-0.25, -0.2) is 19.3 Å². The number of piperidine rings is 1. The summed E-state index contributed by atoms with van der Waals surface area (Å²) in [5.41, 5.74) is 2.00. The fourth-order valence-electron chi connectivity index (χ4n) is 3.26. The zero-order valence-electron chi connectivity index (χ0n) is 18.3. The van der Waals surface area contributed by atoms with Crippen molar-refractivity contribution >= 4 is 23.1 Å². The summed E-state index contributed by atoms with van der Waals surface area (Å²) in [6.07, 6.45) is 3.18. The van der Waals surface area contributed by atoms with E-state index in [0.29, 0.717) is 18.7 Å². The van der Waals surface area contributed by atoms with Gasteiger partial charge in [-0.2, -0.15) is 5.10 Å². The Kier molecular flexibility index (Phi) is 5.82. The highest BCUT2D eigenvalue weighted by Gasteiger charge is 2.27. The lowest BCUT2D eigenvalue weighted by molar-refractivity contribution is 0.0210. The summed E-state index contributed by atoms with van der Waals surface area (Å²) in [6.45, 7) is 17.1. The number of carbonyl (C=O) groups excluding carboxylic acids is 1. The number of rotatable bonds is 4. The molecule has 29 heavy (non-hydrogen) atoms. The highest BCUT2D eigenvalue weighted by molar-refractivity contribution is 5.69. The number of amides is 1. The van der Waals surface area contributed by atoms with Gasteiger partial charge in [-0.1, -0.05) is 20.4 Å². The van der Waals surface area contributed by atoms with Crippen molar-refractivity contribution in [3.63, 3.8) is 0 Å². The maximum absolute atomic E-state index is 12.3. The Morgan fingerprint density at radius 2 is 1.97 bits per heavy atom. The van der Waals surface area contributed by atoms with Crippen molar-refractivity contribution in [3.8, 4) is 0 Å². The summed E-state index contributed by atoms with van der Waals surface area (Å²) in [5, 5.41) is 8.19. The number of ether oxygens (including phenoxy) is 1. The zero-order chi connectivity index (χ0) is 21.3. The fraction of sp³-hybridized carbons (Fsp3) is 0.619. The first kappa shape index (κ1) is 21.1. The number of hydrogen-bond acceptors (Lipinski definition) is 6. The van der Waals surface area contributed by atoms with Crippen LogP contribution < -0.4 is 5.32 Å². The fourth-order valence-corrected chi connectivity index (χ4v) is 3.26. The molecular weight excluding hydrogens is 368 g/mol. The highest BCUT2D eigenvalue weighted by atomic mass is 16.6. The number of allylic oxidation sites excluding steroid dienone is 1. The van der Waals surface area contributed by atoms with Gasteiger partial charge in [0.05, 0.1) is 11.9 Å². The van der Waals surface area contributed by atoms with E-state index >= 15 is 0 Å². The largest absolute Gasteiger partial charge is 0.444 e. The number of carbonyl (C=O) groups is 1. The van der Waals surface area contributed by atoms with Gasteiger partial charge in [0, 0.05) is 25.0 Å². The van der Waals surface area contributed by atoms with Crippen molar-refractivity contribution in [3.05, 3.63) is 24.3 Å². The van der Waals surface area contributed by atoms with Crippen molar-refractivity contribution in [1.29, 1.82) is 0 Å². The number of hydrogen-bond donors (Lipinski definition) is 1. The molecule has 0 unspecified atom stereocenters. The topological polar surface area (TPSA) is 84.7 Å². The van der Waals surface area contributed by atoms with Crippen LogP contribution in [0, 0.1) is 0 Å². The Bertz CT molecular complexity index is 904. The third-order valence-corrected chi connectivity index (χ3v) is 4.82. The summed E-state index contributed by atoms with van der Waals surface area (Å²) in [7, 11) is 0. The summed E-state index contributed by atoms with van der Waals surface area (Å²) in [6, 6.07) is 0.206. The molecule has 1 amide bonds.